The highest BCUT2D eigenvalue weighted by molar-refractivity contribution is 7.80. The van der Waals surface area contributed by atoms with Crippen LogP contribution in [0.5, 0.6) is 0 Å². The number of rotatable bonds is 2. The predicted molar refractivity (Wildman–Crippen MR) is 134 cm³/mol. The Morgan fingerprint density at radius 2 is 1.66 bits per heavy atom. The van der Waals surface area contributed by atoms with Gasteiger partial charge in [-0.25, -0.2) is 4.18 Å². The van der Waals surface area contributed by atoms with Gasteiger partial charge >= 0.3 is 10.4 Å². The Kier molecular flexibility index (Phi) is 6.27. The summed E-state index contributed by atoms with van der Waals surface area (Å²) in [7, 11) is -5.03. The maximum absolute atomic E-state index is 11.8. The van der Waals surface area contributed by atoms with Crippen molar-refractivity contribution in [3.63, 3.8) is 0 Å². The molecule has 10 nitrogen and oxygen atoms in total. The van der Waals surface area contributed by atoms with E-state index in [0.29, 0.717) is 31.3 Å². The fraction of sp³-hybridized carbons (Fsp3) is 1.00. The topological polar surface area (TPSA) is 163 Å². The first-order valence-electron chi connectivity index (χ1n) is 14.3. The van der Waals surface area contributed by atoms with Crippen LogP contribution in [-0.2, 0) is 24.1 Å². The lowest BCUT2D eigenvalue weighted by atomic mass is 9.41. The van der Waals surface area contributed by atoms with Gasteiger partial charge in [0, 0.05) is 17.8 Å². The Labute approximate surface area is 225 Å². The van der Waals surface area contributed by atoms with Crippen LogP contribution in [0.2, 0.25) is 0 Å². The average Bonchev–Trinajstić information content (AvgIpc) is 3.29. The van der Waals surface area contributed by atoms with Crippen LogP contribution >= 0.6 is 0 Å². The van der Waals surface area contributed by atoms with Crippen molar-refractivity contribution in [2.24, 2.45) is 46.3 Å². The SMILES string of the molecule is C[C@@H]1CC[C@@]2(OC1)O[C@H]1C[C@@H]3[C@@H]4CC[C@]5(O)[C@@H](O)[C@H](O)[C@@H](OS(=O)(=O)O)[C@H](O)[C@@]5(C)[C@H]4CC[C@@]3(C)[C@H]1[C@@H]2C. The molecule has 6 fully saturated rings. The van der Waals surface area contributed by atoms with Crippen LogP contribution in [0.1, 0.15) is 72.6 Å². The molecule has 2 aliphatic heterocycles. The van der Waals surface area contributed by atoms with E-state index in [-0.39, 0.29) is 41.6 Å². The highest BCUT2D eigenvalue weighted by atomic mass is 32.3. The second-order valence-electron chi connectivity index (χ2n) is 14.0. The fourth-order valence-corrected chi connectivity index (χ4v) is 11.1. The van der Waals surface area contributed by atoms with Gasteiger partial charge in [-0.05, 0) is 73.5 Å². The Morgan fingerprint density at radius 3 is 2.29 bits per heavy atom. The van der Waals surface area contributed by atoms with Gasteiger partial charge in [-0.15, -0.1) is 0 Å². The van der Waals surface area contributed by atoms with Crippen LogP contribution in [0.3, 0.4) is 0 Å². The fourth-order valence-electron chi connectivity index (χ4n) is 10.6. The summed E-state index contributed by atoms with van der Waals surface area (Å²) in [6.45, 7) is 9.21. The molecule has 0 amide bonds. The molecular weight excluding hydrogens is 516 g/mol. The van der Waals surface area contributed by atoms with E-state index in [9.17, 15) is 33.4 Å². The molecule has 2 saturated heterocycles. The molecule has 0 bridgehead atoms. The molecule has 218 valence electrons. The summed E-state index contributed by atoms with van der Waals surface area (Å²) >= 11 is 0. The van der Waals surface area contributed by atoms with E-state index >= 15 is 0 Å². The first-order valence-corrected chi connectivity index (χ1v) is 15.7. The summed E-state index contributed by atoms with van der Waals surface area (Å²) in [4.78, 5) is 0. The lowest BCUT2D eigenvalue weighted by Gasteiger charge is -2.67. The van der Waals surface area contributed by atoms with Crippen LogP contribution < -0.4 is 0 Å². The quantitative estimate of drug-likeness (QED) is 0.314. The van der Waals surface area contributed by atoms with Gasteiger partial charge in [-0.1, -0.05) is 27.7 Å². The molecule has 15 atom stereocenters. The van der Waals surface area contributed by atoms with Gasteiger partial charge in [0.2, 0.25) is 0 Å². The third-order valence-corrected chi connectivity index (χ3v) is 13.0. The molecule has 4 saturated carbocycles. The van der Waals surface area contributed by atoms with Gasteiger partial charge in [0.15, 0.2) is 5.79 Å². The Hall–Kier alpha value is -0.370. The summed E-state index contributed by atoms with van der Waals surface area (Å²) in [6.07, 6.45) is -1.86. The number of aliphatic hydroxyl groups is 4. The van der Waals surface area contributed by atoms with Crippen molar-refractivity contribution in [2.45, 2.75) is 115 Å². The summed E-state index contributed by atoms with van der Waals surface area (Å²) < 4.78 is 50.3. The molecule has 0 radical (unpaired) electrons. The van der Waals surface area contributed by atoms with E-state index in [1.54, 1.807) is 6.92 Å². The van der Waals surface area contributed by atoms with E-state index in [1.165, 1.54) is 0 Å². The molecule has 0 aromatic rings. The van der Waals surface area contributed by atoms with Crippen molar-refractivity contribution in [2.75, 3.05) is 6.61 Å². The largest absolute Gasteiger partial charge is 0.397 e. The summed E-state index contributed by atoms with van der Waals surface area (Å²) in [5.74, 6) is 0.693. The monoisotopic (exact) mass is 560 g/mol. The molecule has 0 aromatic heterocycles. The van der Waals surface area contributed by atoms with Crippen LogP contribution in [0.15, 0.2) is 0 Å². The van der Waals surface area contributed by atoms with Gasteiger partial charge in [-0.2, -0.15) is 8.42 Å². The van der Waals surface area contributed by atoms with E-state index in [0.717, 1.165) is 25.7 Å². The smallest absolute Gasteiger partial charge is 0.390 e. The molecule has 6 aliphatic rings. The normalized spacial score (nSPS) is 60.2. The van der Waals surface area contributed by atoms with Crippen molar-refractivity contribution in [1.29, 1.82) is 0 Å². The van der Waals surface area contributed by atoms with Gasteiger partial charge in [-0.3, -0.25) is 4.55 Å². The summed E-state index contributed by atoms with van der Waals surface area (Å²) in [5, 5.41) is 45.0. The minimum atomic E-state index is -5.03. The summed E-state index contributed by atoms with van der Waals surface area (Å²) in [5.41, 5.74) is -3.22. The lowest BCUT2D eigenvalue weighted by molar-refractivity contribution is -0.322. The standard InChI is InChI=1S/C27H44O10S/c1-13-5-10-27(35-12-13)14(2)19-18(36-27)11-17-15-6-9-26(31)22(29)20(28)21(37-38(32,33)34)23(30)25(26,4)16(15)7-8-24(17,19)3/h13-23,28-31H,5-12H2,1-4H3,(H,32,33,34)/t13-,14+,15-,16+,17-,18+,19+,20-,21-,22+,23+,24-,25-,26+,27-/m1/s1. The Morgan fingerprint density at radius 1 is 0.947 bits per heavy atom. The zero-order valence-electron chi connectivity index (χ0n) is 22.7. The van der Waals surface area contributed by atoms with E-state index in [4.69, 9.17) is 9.47 Å². The molecule has 38 heavy (non-hydrogen) atoms. The first kappa shape index (κ1) is 27.8. The second-order valence-corrected chi connectivity index (χ2v) is 15.1. The van der Waals surface area contributed by atoms with E-state index < -0.39 is 51.6 Å². The van der Waals surface area contributed by atoms with Crippen molar-refractivity contribution >= 4 is 10.4 Å². The van der Waals surface area contributed by atoms with Gasteiger partial charge in [0.1, 0.15) is 23.9 Å². The highest BCUT2D eigenvalue weighted by Crippen LogP contribution is 2.72. The van der Waals surface area contributed by atoms with Crippen LogP contribution in [0.4, 0.5) is 0 Å². The van der Waals surface area contributed by atoms with Crippen molar-refractivity contribution in [3.8, 4) is 0 Å². The zero-order valence-corrected chi connectivity index (χ0v) is 23.5. The molecule has 2 heterocycles. The second kappa shape index (κ2) is 8.58. The van der Waals surface area contributed by atoms with E-state index in [2.05, 4.69) is 25.0 Å². The molecule has 0 aromatic carbocycles. The van der Waals surface area contributed by atoms with Crippen LogP contribution in [-0.4, -0.2) is 81.9 Å². The lowest BCUT2D eigenvalue weighted by Crippen LogP contribution is -2.77. The highest BCUT2D eigenvalue weighted by Gasteiger charge is 2.75. The third kappa shape index (κ3) is 3.49. The van der Waals surface area contributed by atoms with Crippen molar-refractivity contribution in [1.82, 2.24) is 0 Å². The van der Waals surface area contributed by atoms with Gasteiger partial charge in [0.25, 0.3) is 0 Å². The maximum atomic E-state index is 11.8. The number of hydrogen-bond acceptors (Lipinski definition) is 9. The number of fused-ring (bicyclic) bond motifs is 7. The average molecular weight is 561 g/mol. The molecule has 5 N–H and O–H groups in total. The predicted octanol–water partition coefficient (Wildman–Crippen LogP) is 1.65. The minimum absolute atomic E-state index is 0.0188. The van der Waals surface area contributed by atoms with Gasteiger partial charge < -0.3 is 29.9 Å². The third-order valence-electron chi connectivity index (χ3n) is 12.6. The molecule has 11 heteroatoms. The Bertz CT molecular complexity index is 1060. The molecule has 0 unspecified atom stereocenters. The first-order chi connectivity index (χ1) is 17.6. The van der Waals surface area contributed by atoms with E-state index in [1.807, 2.05) is 0 Å². The molecule has 6 rings (SSSR count). The molecule has 4 aliphatic carbocycles. The minimum Gasteiger partial charge on any atom is -0.390 e. The maximum Gasteiger partial charge on any atom is 0.397 e. The molecular formula is C27H44O10S. The number of aliphatic hydroxyl groups excluding tert-OH is 3. The van der Waals surface area contributed by atoms with Gasteiger partial charge in [0.05, 0.1) is 18.8 Å². The van der Waals surface area contributed by atoms with Crippen molar-refractivity contribution in [3.05, 3.63) is 0 Å². The zero-order chi connectivity index (χ0) is 27.6. The van der Waals surface area contributed by atoms with Crippen LogP contribution in [0.25, 0.3) is 0 Å². The Balaban J connectivity index is 1.31. The molecule has 1 spiro atoms. The summed E-state index contributed by atoms with van der Waals surface area (Å²) in [6, 6.07) is 0. The van der Waals surface area contributed by atoms with Crippen LogP contribution in [0, 0.1) is 46.3 Å². The number of hydrogen-bond donors (Lipinski definition) is 5. The number of ether oxygens (including phenoxy) is 2. The van der Waals surface area contributed by atoms with Crippen molar-refractivity contribution < 1.29 is 47.1 Å².